The first kappa shape index (κ1) is 44.3. The molecule has 0 radical (unpaired) electrons. The highest BCUT2D eigenvalue weighted by Gasteiger charge is 2.35. The normalized spacial score (nSPS) is 15.8. The minimum atomic E-state index is -0.979. The second-order valence-electron chi connectivity index (χ2n) is 15.1. The topological polar surface area (TPSA) is 206 Å². The Morgan fingerprint density at radius 1 is 0.982 bits per heavy atom. The third kappa shape index (κ3) is 13.9. The molecule has 0 bridgehead atoms. The van der Waals surface area contributed by atoms with Crippen molar-refractivity contribution in [2.45, 2.75) is 70.9 Å². The van der Waals surface area contributed by atoms with Crippen molar-refractivity contribution in [1.29, 1.82) is 0 Å². The van der Waals surface area contributed by atoms with Gasteiger partial charge in [0.1, 0.15) is 5.60 Å². The number of hydrogen-bond donors (Lipinski definition) is 4. The number of hydrogen-bond acceptors (Lipinski definition) is 11. The van der Waals surface area contributed by atoms with E-state index in [2.05, 4.69) is 30.4 Å². The zero-order valence-electron chi connectivity index (χ0n) is 33.1. The fourth-order valence-corrected chi connectivity index (χ4v) is 6.50. The van der Waals surface area contributed by atoms with Gasteiger partial charge in [-0.3, -0.25) is 14.4 Å². The third-order valence-corrected chi connectivity index (χ3v) is 9.40. The average molecular weight is 805 g/mol. The van der Waals surface area contributed by atoms with Crippen LogP contribution < -0.4 is 20.7 Å². The van der Waals surface area contributed by atoms with E-state index in [0.717, 1.165) is 42.5 Å². The highest BCUT2D eigenvalue weighted by Crippen LogP contribution is 2.32. The predicted octanol–water partition coefficient (Wildman–Crippen LogP) is 5.98. The summed E-state index contributed by atoms with van der Waals surface area (Å²) in [5.74, 6) is 0.0809. The largest absolute Gasteiger partial charge is 0.483 e. The quantitative estimate of drug-likeness (QED) is 0.0859. The van der Waals surface area contributed by atoms with Crippen molar-refractivity contribution in [2.24, 2.45) is 17.6 Å². The van der Waals surface area contributed by atoms with Gasteiger partial charge in [0, 0.05) is 42.4 Å². The molecule has 0 aliphatic heterocycles. The monoisotopic (exact) mass is 804 g/mol. The summed E-state index contributed by atoms with van der Waals surface area (Å²) in [7, 11) is 4.06. The third-order valence-electron chi connectivity index (χ3n) is 9.23. The molecule has 4 aromatic rings. The van der Waals surface area contributed by atoms with Crippen LogP contribution in [0.15, 0.2) is 66.9 Å². The summed E-state index contributed by atoms with van der Waals surface area (Å²) in [4.78, 5) is 59.6. The Morgan fingerprint density at radius 2 is 1.61 bits per heavy atom. The highest BCUT2D eigenvalue weighted by atomic mass is 35.5. The molecule has 16 heteroatoms. The first-order valence-electron chi connectivity index (χ1n) is 18.9. The van der Waals surface area contributed by atoms with E-state index >= 15 is 0 Å². The Labute approximate surface area is 338 Å². The van der Waals surface area contributed by atoms with Gasteiger partial charge in [-0.25, -0.2) is 14.7 Å². The van der Waals surface area contributed by atoms with Gasteiger partial charge in [-0.15, -0.1) is 10.2 Å². The molecule has 57 heavy (non-hydrogen) atoms. The van der Waals surface area contributed by atoms with E-state index in [9.17, 15) is 14.4 Å². The van der Waals surface area contributed by atoms with Crippen molar-refractivity contribution in [3.05, 3.63) is 77.7 Å². The van der Waals surface area contributed by atoms with Crippen molar-refractivity contribution in [1.82, 2.24) is 30.4 Å². The van der Waals surface area contributed by atoms with Crippen LogP contribution in [0.1, 0.15) is 58.4 Å². The van der Waals surface area contributed by atoms with Crippen molar-refractivity contribution in [3.8, 4) is 28.4 Å². The molecule has 1 atom stereocenters. The fourth-order valence-electron chi connectivity index (χ4n) is 6.38. The molecule has 2 heterocycles. The van der Waals surface area contributed by atoms with Gasteiger partial charge in [0.2, 0.25) is 17.1 Å². The van der Waals surface area contributed by atoms with E-state index in [-0.39, 0.29) is 35.9 Å². The molecular formula is C41H53ClN8O7. The number of imide groups is 1. The second kappa shape index (κ2) is 21.2. The van der Waals surface area contributed by atoms with Crippen LogP contribution in [0.2, 0.25) is 5.28 Å². The molecule has 15 nitrogen and oxygen atoms in total. The number of pyridine rings is 1. The maximum atomic E-state index is 14.2. The average Bonchev–Trinajstić information content (AvgIpc) is 3.62. The lowest BCUT2D eigenvalue weighted by Gasteiger charge is -2.32. The number of H-pyrrole nitrogens is 1. The lowest BCUT2D eigenvalue weighted by molar-refractivity contribution is -0.130. The van der Waals surface area contributed by atoms with Crippen LogP contribution in [-0.4, -0.2) is 100.0 Å². The molecule has 1 aliphatic carbocycles. The number of halogens is 1. The number of carbonyl (C=O) groups is 4. The smallest absolute Gasteiger partial charge is 0.407 e. The summed E-state index contributed by atoms with van der Waals surface area (Å²) in [5, 5.41) is 17.7. The van der Waals surface area contributed by atoms with Crippen molar-refractivity contribution in [3.63, 3.8) is 0 Å². The van der Waals surface area contributed by atoms with Crippen molar-refractivity contribution in [2.75, 3.05) is 38.7 Å². The van der Waals surface area contributed by atoms with E-state index in [1.807, 2.05) is 71.3 Å². The van der Waals surface area contributed by atoms with E-state index < -0.39 is 23.6 Å². The van der Waals surface area contributed by atoms with Gasteiger partial charge in [0.15, 0.2) is 5.82 Å². The number of nitrogens with two attached hydrogens (primary N) is 1. The van der Waals surface area contributed by atoms with Crippen LogP contribution in [0.3, 0.4) is 0 Å². The molecule has 3 amide bonds. The van der Waals surface area contributed by atoms with Gasteiger partial charge >= 0.3 is 6.09 Å². The molecule has 2 aromatic carbocycles. The number of nitrogens with zero attached hydrogens (tertiary/aromatic N) is 5. The molecule has 306 valence electrons. The van der Waals surface area contributed by atoms with Gasteiger partial charge in [0.25, 0.3) is 12.4 Å². The first-order chi connectivity index (χ1) is 27.2. The zero-order valence-corrected chi connectivity index (χ0v) is 33.9. The zero-order chi connectivity index (χ0) is 41.5. The summed E-state index contributed by atoms with van der Waals surface area (Å²) in [5.41, 5.74) is 9.87. The standard InChI is InChI=1S/C40H51ClN8O5.CH2O2/c1-40(2,3)54-39(52)44-24-27-9-13-30(14-10-27)36(50)49(32-18-15-29(16-19-32)35-45-38(41)47-46-35)37(51)33(42)23-26-7-11-28(12-8-26)31-17-20-34(43-25-31)53-22-6-21-48(4)5;2-1-3/h7-8,11-12,15-20,25,27,30,33H,6,9-10,13-14,21-24,42H2,1-5H3,(H,44,52)(H,45,46,47);1H,(H,2,3)/t27-,30-,33-;/m0./s1. The van der Waals surface area contributed by atoms with Crippen LogP contribution in [0.5, 0.6) is 5.88 Å². The van der Waals surface area contributed by atoms with Gasteiger partial charge in [-0.05, 0) is 132 Å². The van der Waals surface area contributed by atoms with Crippen molar-refractivity contribution >= 4 is 41.7 Å². The SMILES string of the molecule is CN(C)CCCOc1ccc(-c2ccc(C[C@H](N)C(=O)N(c3ccc(-c4nnc(Cl)[nH]4)cc3)C(=O)[C@H]3CC[C@H](CNC(=O)OC(C)(C)C)CC3)cc2)cn1.O=CO. The van der Waals surface area contributed by atoms with Crippen molar-refractivity contribution < 1.29 is 33.8 Å². The molecule has 2 aromatic heterocycles. The molecule has 1 aliphatic rings. The van der Waals surface area contributed by atoms with E-state index in [1.165, 1.54) is 4.90 Å². The first-order valence-corrected chi connectivity index (χ1v) is 19.2. The molecule has 1 saturated carbocycles. The van der Waals surface area contributed by atoms with E-state index in [0.29, 0.717) is 48.9 Å². The summed E-state index contributed by atoms with van der Waals surface area (Å²) in [6, 6.07) is 17.6. The predicted molar refractivity (Wildman–Crippen MR) is 218 cm³/mol. The Kier molecular flexibility index (Phi) is 16.5. The number of nitrogens with one attached hydrogen (secondary N) is 2. The van der Waals surface area contributed by atoms with Gasteiger partial charge in [-0.2, -0.15) is 0 Å². The molecular weight excluding hydrogens is 752 g/mol. The molecule has 0 saturated heterocycles. The van der Waals surface area contributed by atoms with Gasteiger partial charge in [-0.1, -0.05) is 24.3 Å². The second-order valence-corrected chi connectivity index (χ2v) is 15.5. The fraction of sp³-hybridized carbons (Fsp3) is 0.439. The van der Waals surface area contributed by atoms with Gasteiger partial charge in [0.05, 0.1) is 18.3 Å². The Morgan fingerprint density at radius 3 is 2.18 bits per heavy atom. The van der Waals surface area contributed by atoms with Gasteiger partial charge < -0.3 is 35.5 Å². The van der Waals surface area contributed by atoms with E-state index in [4.69, 9.17) is 36.7 Å². The highest BCUT2D eigenvalue weighted by molar-refractivity contribution is 6.28. The number of ether oxygens (including phenoxy) is 2. The summed E-state index contributed by atoms with van der Waals surface area (Å²) in [6.45, 7) is 7.21. The summed E-state index contributed by atoms with van der Waals surface area (Å²) < 4.78 is 11.1. The van der Waals surface area contributed by atoms with Crippen LogP contribution in [0.4, 0.5) is 10.5 Å². The number of rotatable bonds is 14. The lowest BCUT2D eigenvalue weighted by Crippen LogP contribution is -2.50. The number of benzene rings is 2. The molecule has 0 unspecified atom stereocenters. The number of alkyl carbamates (subject to hydrolysis) is 1. The summed E-state index contributed by atoms with van der Waals surface area (Å²) >= 11 is 5.93. The maximum Gasteiger partial charge on any atom is 0.407 e. The van der Waals surface area contributed by atoms with Crippen LogP contribution >= 0.6 is 11.6 Å². The Balaban J connectivity index is 0.00000232. The molecule has 5 N–H and O–H groups in total. The number of aromatic amines is 1. The molecule has 5 rings (SSSR count). The minimum absolute atomic E-state index is 0.155. The molecule has 1 fully saturated rings. The maximum absolute atomic E-state index is 14.2. The minimum Gasteiger partial charge on any atom is -0.483 e. The number of aromatic nitrogens is 4. The van der Waals surface area contributed by atoms with Crippen LogP contribution in [0.25, 0.3) is 22.5 Å². The van der Waals surface area contributed by atoms with Crippen LogP contribution in [-0.2, 0) is 25.5 Å². The van der Waals surface area contributed by atoms with Crippen LogP contribution in [0, 0.1) is 11.8 Å². The molecule has 0 spiro atoms. The number of carbonyl (C=O) groups excluding carboxylic acids is 3. The Bertz CT molecular complexity index is 1890. The number of carboxylic acid groups (broad SMARTS) is 1. The number of amides is 3. The Hall–Kier alpha value is -5.38. The number of anilines is 1. The summed E-state index contributed by atoms with van der Waals surface area (Å²) in [6.07, 6.45) is 5.07. The van der Waals surface area contributed by atoms with E-state index in [1.54, 1.807) is 30.5 Å². The lowest BCUT2D eigenvalue weighted by atomic mass is 9.81.